The minimum Gasteiger partial charge on any atom is -0.493 e. The number of halogens is 1. The van der Waals surface area contributed by atoms with Crippen LogP contribution in [0.3, 0.4) is 0 Å². The second-order valence-corrected chi connectivity index (χ2v) is 7.66. The van der Waals surface area contributed by atoms with Crippen molar-refractivity contribution < 1.29 is 24.0 Å². The molecule has 0 aromatic heterocycles. The fraction of sp³-hybridized carbons (Fsp3) is 0.250. The van der Waals surface area contributed by atoms with Gasteiger partial charge in [-0.2, -0.15) is 0 Å². The van der Waals surface area contributed by atoms with Gasteiger partial charge >= 0.3 is 0 Å². The molecule has 0 spiro atoms. The molecule has 0 saturated carbocycles. The van der Waals surface area contributed by atoms with Crippen LogP contribution in [0.1, 0.15) is 30.1 Å². The first-order chi connectivity index (χ1) is 15.3. The quantitative estimate of drug-likeness (QED) is 0.197. The Bertz CT molecular complexity index is 987. The summed E-state index contributed by atoms with van der Waals surface area (Å²) in [6.07, 6.45) is 1.81. The molecule has 0 atom stereocenters. The molecule has 10 nitrogen and oxygen atoms in total. The Morgan fingerprint density at radius 3 is 2.50 bits per heavy atom. The number of nitrogens with one attached hydrogen (secondary N) is 3. The van der Waals surface area contributed by atoms with E-state index in [1.165, 1.54) is 24.3 Å². The molecular formula is C20H21BrN4O6S. The molecule has 12 heteroatoms. The van der Waals surface area contributed by atoms with Crippen molar-refractivity contribution in [1.82, 2.24) is 16.2 Å². The third kappa shape index (κ3) is 8.12. The van der Waals surface area contributed by atoms with Crippen LogP contribution in [-0.2, 0) is 4.79 Å². The Balaban J connectivity index is 1.82. The monoisotopic (exact) mass is 524 g/mol. The van der Waals surface area contributed by atoms with E-state index >= 15 is 0 Å². The molecule has 2 aromatic carbocycles. The number of benzene rings is 2. The largest absolute Gasteiger partial charge is 0.493 e. The summed E-state index contributed by atoms with van der Waals surface area (Å²) in [5.74, 6) is -0.382. The van der Waals surface area contributed by atoms with Crippen molar-refractivity contribution in [1.29, 1.82) is 0 Å². The molecule has 3 N–H and O–H groups in total. The molecule has 0 aliphatic rings. The van der Waals surface area contributed by atoms with Gasteiger partial charge in [-0.15, -0.1) is 0 Å². The van der Waals surface area contributed by atoms with Crippen molar-refractivity contribution in [2.24, 2.45) is 0 Å². The van der Waals surface area contributed by atoms with Gasteiger partial charge in [0.2, 0.25) is 0 Å². The van der Waals surface area contributed by atoms with Crippen molar-refractivity contribution in [3.05, 3.63) is 62.6 Å². The van der Waals surface area contributed by atoms with Gasteiger partial charge in [-0.1, -0.05) is 29.3 Å². The number of thiocarbonyl (C=S) groups is 1. The van der Waals surface area contributed by atoms with Crippen molar-refractivity contribution in [2.75, 3.05) is 13.2 Å². The molecule has 32 heavy (non-hydrogen) atoms. The number of hydrogen-bond acceptors (Lipinski definition) is 7. The Hall–Kier alpha value is -3.25. The van der Waals surface area contributed by atoms with Gasteiger partial charge < -0.3 is 9.47 Å². The van der Waals surface area contributed by atoms with Gasteiger partial charge in [-0.3, -0.25) is 35.9 Å². The van der Waals surface area contributed by atoms with E-state index in [0.717, 1.165) is 12.8 Å². The van der Waals surface area contributed by atoms with Crippen LogP contribution in [0.2, 0.25) is 0 Å². The molecular weight excluding hydrogens is 504 g/mol. The fourth-order valence-corrected chi connectivity index (χ4v) is 2.81. The molecule has 0 unspecified atom stereocenters. The summed E-state index contributed by atoms with van der Waals surface area (Å²) in [5, 5.41) is 13.0. The predicted molar refractivity (Wildman–Crippen MR) is 124 cm³/mol. The highest BCUT2D eigenvalue weighted by Gasteiger charge is 2.15. The van der Waals surface area contributed by atoms with Crippen LogP contribution in [-0.4, -0.2) is 35.1 Å². The maximum absolute atomic E-state index is 12.6. The highest BCUT2D eigenvalue weighted by molar-refractivity contribution is 9.10. The second-order valence-electron chi connectivity index (χ2n) is 6.34. The van der Waals surface area contributed by atoms with Crippen LogP contribution in [0.25, 0.3) is 0 Å². The number of nitro groups is 1. The van der Waals surface area contributed by atoms with E-state index in [1.54, 1.807) is 18.2 Å². The fourth-order valence-electron chi connectivity index (χ4n) is 2.31. The first-order valence-corrected chi connectivity index (χ1v) is 10.7. The Kier molecular flexibility index (Phi) is 9.82. The van der Waals surface area contributed by atoms with Crippen LogP contribution < -0.4 is 25.6 Å². The Morgan fingerprint density at radius 2 is 1.84 bits per heavy atom. The van der Waals surface area contributed by atoms with Gasteiger partial charge in [0.15, 0.2) is 11.7 Å². The second kappa shape index (κ2) is 12.6. The zero-order valence-electron chi connectivity index (χ0n) is 17.1. The zero-order chi connectivity index (χ0) is 23.5. The Morgan fingerprint density at radius 1 is 1.12 bits per heavy atom. The van der Waals surface area contributed by atoms with Crippen molar-refractivity contribution in [2.45, 2.75) is 19.8 Å². The van der Waals surface area contributed by atoms with Gasteiger partial charge in [0.25, 0.3) is 17.5 Å². The molecule has 0 radical (unpaired) electrons. The molecule has 2 rings (SSSR count). The molecule has 170 valence electrons. The number of nitrogens with zero attached hydrogens (tertiary/aromatic N) is 1. The first-order valence-electron chi connectivity index (χ1n) is 9.50. The van der Waals surface area contributed by atoms with Gasteiger partial charge in [-0.25, -0.2) is 0 Å². The van der Waals surface area contributed by atoms with Gasteiger partial charge in [0.1, 0.15) is 11.5 Å². The standard InChI is InChI=1S/C20H21BrN4O6S/c1-2-3-10-30-17-9-4-13(21)11-16(17)19(27)22-20(32)24-23-18(26)12-31-15-7-5-14(6-8-15)25(28)29/h4-9,11H,2-3,10,12H2,1H3,(H,23,26)(H2,22,24,27,32). The summed E-state index contributed by atoms with van der Waals surface area (Å²) in [6, 6.07) is 10.3. The summed E-state index contributed by atoms with van der Waals surface area (Å²) in [6.45, 7) is 2.14. The van der Waals surface area contributed by atoms with Gasteiger partial charge in [0.05, 0.1) is 17.1 Å². The number of ether oxygens (including phenoxy) is 2. The van der Waals surface area contributed by atoms with Crippen LogP contribution >= 0.6 is 28.1 Å². The van der Waals surface area contributed by atoms with Crippen molar-refractivity contribution >= 4 is 50.8 Å². The Labute approximate surface area is 197 Å². The lowest BCUT2D eigenvalue weighted by Gasteiger charge is -2.14. The highest BCUT2D eigenvalue weighted by Crippen LogP contribution is 2.23. The third-order valence-electron chi connectivity index (χ3n) is 3.90. The number of unbranched alkanes of at least 4 members (excludes halogenated alkanes) is 1. The van der Waals surface area contributed by atoms with E-state index in [2.05, 4.69) is 32.1 Å². The van der Waals surface area contributed by atoms with E-state index in [1.807, 2.05) is 6.92 Å². The number of nitro benzene ring substituents is 1. The van der Waals surface area contributed by atoms with Crippen molar-refractivity contribution in [3.8, 4) is 11.5 Å². The first kappa shape index (κ1) is 25.0. The molecule has 2 aromatic rings. The summed E-state index contributed by atoms with van der Waals surface area (Å²) >= 11 is 8.35. The van der Waals surface area contributed by atoms with Gasteiger partial charge in [-0.05, 0) is 49.0 Å². The molecule has 0 fully saturated rings. The summed E-state index contributed by atoms with van der Waals surface area (Å²) < 4.78 is 11.6. The lowest BCUT2D eigenvalue weighted by molar-refractivity contribution is -0.384. The van der Waals surface area contributed by atoms with E-state index in [0.29, 0.717) is 16.8 Å². The number of hydrazine groups is 1. The number of hydrogen-bond donors (Lipinski definition) is 3. The number of amides is 2. The maximum atomic E-state index is 12.6. The predicted octanol–water partition coefficient (Wildman–Crippen LogP) is 3.25. The van der Waals surface area contributed by atoms with Crippen LogP contribution in [0.4, 0.5) is 5.69 Å². The average Bonchev–Trinajstić information content (AvgIpc) is 2.77. The maximum Gasteiger partial charge on any atom is 0.276 e. The number of non-ortho nitro benzene ring substituents is 1. The number of carbonyl (C=O) groups excluding carboxylic acids is 2. The molecule has 0 aliphatic heterocycles. The summed E-state index contributed by atoms with van der Waals surface area (Å²) in [5.41, 5.74) is 4.89. The van der Waals surface area contributed by atoms with Crippen LogP contribution in [0, 0.1) is 10.1 Å². The van der Waals surface area contributed by atoms with E-state index in [4.69, 9.17) is 21.7 Å². The molecule has 0 heterocycles. The van der Waals surface area contributed by atoms with E-state index < -0.39 is 16.7 Å². The smallest absolute Gasteiger partial charge is 0.276 e. The SMILES string of the molecule is CCCCOc1ccc(Br)cc1C(=O)NC(=S)NNC(=O)COc1ccc([N+](=O)[O-])cc1. The lowest BCUT2D eigenvalue weighted by Crippen LogP contribution is -2.49. The number of carbonyl (C=O) groups is 2. The summed E-state index contributed by atoms with van der Waals surface area (Å²) in [7, 11) is 0. The minimum absolute atomic E-state index is 0.0890. The minimum atomic E-state index is -0.578. The van der Waals surface area contributed by atoms with Crippen molar-refractivity contribution in [3.63, 3.8) is 0 Å². The highest BCUT2D eigenvalue weighted by atomic mass is 79.9. The summed E-state index contributed by atoms with van der Waals surface area (Å²) in [4.78, 5) is 34.6. The third-order valence-corrected chi connectivity index (χ3v) is 4.60. The lowest BCUT2D eigenvalue weighted by atomic mass is 10.2. The topological polar surface area (TPSA) is 132 Å². The average molecular weight is 525 g/mol. The molecule has 0 aliphatic carbocycles. The van der Waals surface area contributed by atoms with Crippen LogP contribution in [0.5, 0.6) is 11.5 Å². The molecule has 0 bridgehead atoms. The number of rotatable bonds is 9. The van der Waals surface area contributed by atoms with Gasteiger partial charge in [0, 0.05) is 16.6 Å². The molecule has 2 amide bonds. The normalized spacial score (nSPS) is 10.1. The zero-order valence-corrected chi connectivity index (χ0v) is 19.5. The molecule has 0 saturated heterocycles. The van der Waals surface area contributed by atoms with Crippen LogP contribution in [0.15, 0.2) is 46.9 Å². The van der Waals surface area contributed by atoms with E-state index in [-0.39, 0.29) is 28.7 Å². The van der Waals surface area contributed by atoms with E-state index in [9.17, 15) is 19.7 Å².